The maximum Gasteiger partial charge on any atom is 0.230 e. The summed E-state index contributed by atoms with van der Waals surface area (Å²) in [6.07, 6.45) is 6.97. The molecule has 0 N–H and O–H groups in total. The monoisotopic (exact) mass is 624 g/mol. The zero-order chi connectivity index (χ0) is 29.8. The molecule has 0 unspecified atom stereocenters. The van der Waals surface area contributed by atoms with Gasteiger partial charge in [-0.05, 0) is 61.7 Å². The van der Waals surface area contributed by atoms with Crippen LogP contribution >= 0.6 is 23.2 Å². The summed E-state index contributed by atoms with van der Waals surface area (Å²) < 4.78 is 11.3. The van der Waals surface area contributed by atoms with Crippen LogP contribution in [0.25, 0.3) is 11.3 Å². The maximum atomic E-state index is 12.5. The topological polar surface area (TPSA) is 101 Å². The number of aldehydes is 1. The summed E-state index contributed by atoms with van der Waals surface area (Å²) in [4.78, 5) is 43.7. The number of hydrogen-bond acceptors (Lipinski definition) is 9. The highest BCUT2D eigenvalue weighted by Crippen LogP contribution is 2.31. The van der Waals surface area contributed by atoms with Crippen LogP contribution in [0.15, 0.2) is 42.7 Å². The second-order valence-corrected chi connectivity index (χ2v) is 12.2. The molecule has 0 spiro atoms. The summed E-state index contributed by atoms with van der Waals surface area (Å²) in [6.45, 7) is 6.25. The van der Waals surface area contributed by atoms with Gasteiger partial charge in [0.2, 0.25) is 17.7 Å². The van der Waals surface area contributed by atoms with Gasteiger partial charge in [-0.25, -0.2) is 15.0 Å². The van der Waals surface area contributed by atoms with Crippen LogP contribution in [0.2, 0.25) is 10.0 Å². The number of nitrogens with zero attached hydrogens (tertiary/aromatic N) is 6. The summed E-state index contributed by atoms with van der Waals surface area (Å²) in [5, 5.41) is 1.06. The molecule has 10 nitrogen and oxygen atoms in total. The van der Waals surface area contributed by atoms with Gasteiger partial charge in [-0.1, -0.05) is 23.2 Å². The van der Waals surface area contributed by atoms with Gasteiger partial charge in [0, 0.05) is 60.8 Å². The van der Waals surface area contributed by atoms with Crippen molar-refractivity contribution >= 4 is 41.3 Å². The number of ether oxygens (including phenoxy) is 2. The van der Waals surface area contributed by atoms with Gasteiger partial charge in [0.1, 0.15) is 6.29 Å². The number of piperidine rings is 1. The van der Waals surface area contributed by atoms with E-state index >= 15 is 0 Å². The smallest absolute Gasteiger partial charge is 0.230 e. The maximum absolute atomic E-state index is 12.5. The summed E-state index contributed by atoms with van der Waals surface area (Å²) in [6, 6.07) is 9.33. The Bertz CT molecular complexity index is 1420. The lowest BCUT2D eigenvalue weighted by Crippen LogP contribution is -2.53. The Labute approximate surface area is 260 Å². The average molecular weight is 626 g/mol. The van der Waals surface area contributed by atoms with Crippen LogP contribution in [0, 0.1) is 11.8 Å². The lowest BCUT2D eigenvalue weighted by Gasteiger charge is -2.38. The third kappa shape index (κ3) is 7.44. The Hall–Kier alpha value is -3.31. The van der Waals surface area contributed by atoms with E-state index in [-0.39, 0.29) is 11.8 Å². The van der Waals surface area contributed by atoms with Crippen LogP contribution in [0.3, 0.4) is 0 Å². The quantitative estimate of drug-likeness (QED) is 0.313. The van der Waals surface area contributed by atoms with Gasteiger partial charge < -0.3 is 24.1 Å². The molecule has 5 heterocycles. The zero-order valence-electron chi connectivity index (χ0n) is 23.8. The van der Waals surface area contributed by atoms with Crippen LogP contribution in [0.4, 0.5) is 5.95 Å². The van der Waals surface area contributed by atoms with Crippen molar-refractivity contribution in [2.75, 3.05) is 57.4 Å². The van der Waals surface area contributed by atoms with Crippen molar-refractivity contribution in [1.29, 1.82) is 0 Å². The molecule has 3 aliphatic rings. The minimum absolute atomic E-state index is 0.00310. The lowest BCUT2D eigenvalue weighted by atomic mass is 9.94. The lowest BCUT2D eigenvalue weighted by molar-refractivity contribution is -0.150. The molecular formula is C31H34Cl2N6O4. The van der Waals surface area contributed by atoms with Crippen molar-refractivity contribution in [2.24, 2.45) is 11.8 Å². The SMILES string of the molecule is O=CCC1CCN(Cc2cc(Oc3cnc(N4CCN(C(=O)C5COC5)CC4)nc3)nc(-c3cc(Cl)cc(Cl)c3)c2)CC1. The fraction of sp³-hybridized carbons (Fsp3) is 0.452. The first-order chi connectivity index (χ1) is 20.9. The molecule has 3 saturated heterocycles. The molecule has 226 valence electrons. The first kappa shape index (κ1) is 29.7. The van der Waals surface area contributed by atoms with Crippen molar-refractivity contribution in [3.63, 3.8) is 0 Å². The number of carbonyl (C=O) groups excluding carboxylic acids is 2. The molecule has 3 aromatic rings. The highest BCUT2D eigenvalue weighted by atomic mass is 35.5. The number of pyridine rings is 1. The number of piperazine rings is 1. The average Bonchev–Trinajstić information content (AvgIpc) is 2.97. The number of benzene rings is 1. The number of carbonyl (C=O) groups is 2. The van der Waals surface area contributed by atoms with E-state index in [1.165, 1.54) is 0 Å². The minimum Gasteiger partial charge on any atom is -0.436 e. The molecule has 12 heteroatoms. The normalized spacial score (nSPS) is 18.4. The predicted octanol–water partition coefficient (Wildman–Crippen LogP) is 4.73. The largest absolute Gasteiger partial charge is 0.436 e. The third-order valence-electron chi connectivity index (χ3n) is 8.26. The van der Waals surface area contributed by atoms with Gasteiger partial charge in [0.25, 0.3) is 0 Å². The van der Waals surface area contributed by atoms with Crippen LogP contribution in [0.5, 0.6) is 11.6 Å². The van der Waals surface area contributed by atoms with E-state index in [0.717, 1.165) is 49.9 Å². The summed E-state index contributed by atoms with van der Waals surface area (Å²) in [5.74, 6) is 2.13. The molecule has 1 aromatic carbocycles. The van der Waals surface area contributed by atoms with Gasteiger partial charge in [0.15, 0.2) is 5.75 Å². The van der Waals surface area contributed by atoms with Crippen molar-refractivity contribution in [3.8, 4) is 22.9 Å². The van der Waals surface area contributed by atoms with Crippen LogP contribution in [-0.4, -0.2) is 89.4 Å². The van der Waals surface area contributed by atoms with Gasteiger partial charge in [-0.2, -0.15) is 0 Å². The second-order valence-electron chi connectivity index (χ2n) is 11.3. The number of amides is 1. The molecule has 6 rings (SSSR count). The van der Waals surface area contributed by atoms with E-state index < -0.39 is 0 Å². The fourth-order valence-corrected chi connectivity index (χ4v) is 6.26. The molecule has 0 bridgehead atoms. The fourth-order valence-electron chi connectivity index (χ4n) is 5.74. The molecule has 0 saturated carbocycles. The summed E-state index contributed by atoms with van der Waals surface area (Å²) >= 11 is 12.6. The van der Waals surface area contributed by atoms with E-state index in [2.05, 4.69) is 19.8 Å². The third-order valence-corrected chi connectivity index (χ3v) is 8.70. The molecule has 0 aliphatic carbocycles. The molecule has 43 heavy (non-hydrogen) atoms. The van der Waals surface area contributed by atoms with E-state index in [4.69, 9.17) is 37.7 Å². The Morgan fingerprint density at radius 2 is 1.65 bits per heavy atom. The summed E-state index contributed by atoms with van der Waals surface area (Å²) in [7, 11) is 0. The van der Waals surface area contributed by atoms with Crippen molar-refractivity contribution in [1.82, 2.24) is 24.8 Å². The number of hydrogen-bond donors (Lipinski definition) is 0. The van der Waals surface area contributed by atoms with E-state index in [0.29, 0.717) is 85.0 Å². The number of anilines is 1. The number of rotatable bonds is 9. The van der Waals surface area contributed by atoms with Gasteiger partial charge >= 0.3 is 0 Å². The first-order valence-corrected chi connectivity index (χ1v) is 15.4. The Morgan fingerprint density at radius 1 is 0.953 bits per heavy atom. The highest BCUT2D eigenvalue weighted by Gasteiger charge is 2.32. The van der Waals surface area contributed by atoms with Crippen molar-refractivity contribution in [3.05, 3.63) is 58.3 Å². The zero-order valence-corrected chi connectivity index (χ0v) is 25.3. The highest BCUT2D eigenvalue weighted by molar-refractivity contribution is 6.35. The molecule has 2 aromatic heterocycles. The van der Waals surface area contributed by atoms with Crippen LogP contribution in [-0.2, 0) is 20.9 Å². The Kier molecular flexibility index (Phi) is 9.37. The van der Waals surface area contributed by atoms with E-state index in [9.17, 15) is 9.59 Å². The van der Waals surface area contributed by atoms with Gasteiger partial charge in [-0.3, -0.25) is 9.69 Å². The molecular weight excluding hydrogens is 591 g/mol. The molecule has 3 fully saturated rings. The second kappa shape index (κ2) is 13.5. The molecule has 3 aliphatic heterocycles. The Balaban J connectivity index is 1.15. The predicted molar refractivity (Wildman–Crippen MR) is 164 cm³/mol. The standard InChI is InChI=1S/C31H34Cl2N6O4/c32-25-13-23(14-26(33)15-25)28-11-22(18-37-4-1-21(2-5-37)3-10-40)12-29(36-28)43-27-16-34-31(35-17-27)39-8-6-38(7-9-39)30(41)24-19-42-20-24/h10-17,21,24H,1-9,18-20H2. The minimum atomic E-state index is 0.00310. The van der Waals surface area contributed by atoms with Crippen molar-refractivity contribution in [2.45, 2.75) is 25.8 Å². The molecule has 0 atom stereocenters. The van der Waals surface area contributed by atoms with Crippen LogP contribution < -0.4 is 9.64 Å². The molecule has 1 amide bonds. The molecule has 0 radical (unpaired) electrons. The van der Waals surface area contributed by atoms with E-state index in [1.807, 2.05) is 29.2 Å². The van der Waals surface area contributed by atoms with Gasteiger partial charge in [0.05, 0.1) is 37.2 Å². The Morgan fingerprint density at radius 3 is 2.28 bits per heavy atom. The van der Waals surface area contributed by atoms with Gasteiger partial charge in [-0.15, -0.1) is 0 Å². The number of likely N-dealkylation sites (tertiary alicyclic amines) is 1. The summed E-state index contributed by atoms with van der Waals surface area (Å²) in [5.41, 5.74) is 2.54. The number of halogens is 2. The van der Waals surface area contributed by atoms with Crippen molar-refractivity contribution < 1.29 is 19.1 Å². The number of aromatic nitrogens is 3. The first-order valence-electron chi connectivity index (χ1n) is 14.7. The van der Waals surface area contributed by atoms with E-state index in [1.54, 1.807) is 18.5 Å². The van der Waals surface area contributed by atoms with Crippen LogP contribution in [0.1, 0.15) is 24.8 Å².